The zero-order valence-corrected chi connectivity index (χ0v) is 10.5. The fourth-order valence-electron chi connectivity index (χ4n) is 1.95. The van der Waals surface area contributed by atoms with Crippen LogP contribution in [0.1, 0.15) is 24.5 Å². The summed E-state index contributed by atoms with van der Waals surface area (Å²) in [5.74, 6) is 0.137. The summed E-state index contributed by atoms with van der Waals surface area (Å²) in [6, 6.07) is 6.15. The molecular weight excluding hydrogens is 254 g/mol. The smallest absolute Gasteiger partial charge is 0.230 e. The van der Waals surface area contributed by atoms with Crippen LogP contribution in [-0.4, -0.2) is 12.5 Å². The Hall–Kier alpha value is -0.830. The molecule has 3 heteroatoms. The quantitative estimate of drug-likeness (QED) is 0.833. The highest BCUT2D eigenvalue weighted by atomic mass is 79.9. The maximum Gasteiger partial charge on any atom is 0.230 e. The van der Waals surface area contributed by atoms with Crippen molar-refractivity contribution in [1.29, 1.82) is 0 Å². The highest BCUT2D eigenvalue weighted by molar-refractivity contribution is 9.10. The number of amides is 1. The second-order valence-corrected chi connectivity index (χ2v) is 5.16. The minimum absolute atomic E-state index is 0.137. The largest absolute Gasteiger partial charge is 0.355 e. The fraction of sp³-hybridized carbons (Fsp3) is 0.417. The van der Waals surface area contributed by atoms with Crippen molar-refractivity contribution in [1.82, 2.24) is 5.32 Å². The number of carbonyl (C=O) groups excluding carboxylic acids is 1. The highest BCUT2D eigenvalue weighted by Crippen LogP contribution is 2.33. The maximum absolute atomic E-state index is 11.8. The summed E-state index contributed by atoms with van der Waals surface area (Å²) in [6.45, 7) is 4.83. The second kappa shape index (κ2) is 3.63. The molecule has 1 aromatic carbocycles. The second-order valence-electron chi connectivity index (χ2n) is 4.30. The molecule has 0 aliphatic carbocycles. The maximum atomic E-state index is 11.8. The normalized spacial score (nSPS) is 25.4. The molecule has 1 aliphatic heterocycles. The van der Waals surface area contributed by atoms with Crippen molar-refractivity contribution in [3.8, 4) is 0 Å². The molecule has 0 saturated carbocycles. The molecule has 0 bridgehead atoms. The molecule has 2 rings (SSSR count). The van der Waals surface area contributed by atoms with E-state index >= 15 is 0 Å². The van der Waals surface area contributed by atoms with Crippen LogP contribution in [-0.2, 0) is 10.2 Å². The van der Waals surface area contributed by atoms with Gasteiger partial charge in [-0.2, -0.15) is 0 Å². The molecule has 0 spiro atoms. The molecule has 1 aliphatic rings. The Balaban J connectivity index is 2.45. The highest BCUT2D eigenvalue weighted by Gasteiger charge is 2.39. The molecule has 0 aromatic heterocycles. The number of carbonyl (C=O) groups is 1. The van der Waals surface area contributed by atoms with Gasteiger partial charge in [0.05, 0.1) is 5.41 Å². The average molecular weight is 268 g/mol. The van der Waals surface area contributed by atoms with Crippen LogP contribution >= 0.6 is 15.9 Å². The van der Waals surface area contributed by atoms with Gasteiger partial charge < -0.3 is 5.32 Å². The fourth-order valence-corrected chi connectivity index (χ4v) is 2.32. The third-order valence-electron chi connectivity index (χ3n) is 3.22. The third-order valence-corrected chi connectivity index (χ3v) is 4.08. The van der Waals surface area contributed by atoms with Gasteiger partial charge in [0.25, 0.3) is 0 Å². The average Bonchev–Trinajstić information content (AvgIpc) is 2.53. The molecule has 1 saturated heterocycles. The molecule has 0 radical (unpaired) electrons. The number of benzene rings is 1. The number of nitrogens with one attached hydrogen (secondary N) is 1. The molecule has 1 fully saturated rings. The Kier molecular flexibility index (Phi) is 2.59. The van der Waals surface area contributed by atoms with Crippen molar-refractivity contribution in [2.45, 2.75) is 25.7 Å². The number of rotatable bonds is 1. The van der Waals surface area contributed by atoms with Crippen molar-refractivity contribution in [3.63, 3.8) is 0 Å². The van der Waals surface area contributed by atoms with E-state index in [1.165, 1.54) is 5.56 Å². The van der Waals surface area contributed by atoms with E-state index in [-0.39, 0.29) is 11.3 Å². The minimum Gasteiger partial charge on any atom is -0.355 e. The summed E-state index contributed by atoms with van der Waals surface area (Å²) in [6.07, 6.45) is 0.876. The Bertz CT molecular complexity index is 416. The van der Waals surface area contributed by atoms with E-state index in [2.05, 4.69) is 33.4 Å². The lowest BCUT2D eigenvalue weighted by atomic mass is 9.81. The first kappa shape index (κ1) is 10.7. The summed E-state index contributed by atoms with van der Waals surface area (Å²) < 4.78 is 1.07. The molecular formula is C12H14BrNO. The lowest BCUT2D eigenvalue weighted by Gasteiger charge is -2.21. The Labute approximate surface area is 98.2 Å². The predicted octanol–water partition coefficient (Wildman–Crippen LogP) is 2.54. The molecule has 1 unspecified atom stereocenters. The molecule has 1 heterocycles. The molecule has 80 valence electrons. The first-order valence-electron chi connectivity index (χ1n) is 5.09. The van der Waals surface area contributed by atoms with Crippen molar-refractivity contribution < 1.29 is 4.79 Å². The van der Waals surface area contributed by atoms with Gasteiger partial charge in [0.2, 0.25) is 5.91 Å². The number of hydrogen-bond donors (Lipinski definition) is 1. The molecule has 1 atom stereocenters. The van der Waals surface area contributed by atoms with E-state index in [9.17, 15) is 4.79 Å². The van der Waals surface area contributed by atoms with Crippen LogP contribution in [0, 0.1) is 6.92 Å². The Morgan fingerprint density at radius 2 is 2.20 bits per heavy atom. The number of aryl methyl sites for hydroxylation is 1. The topological polar surface area (TPSA) is 29.1 Å². The SMILES string of the molecule is Cc1ccc(C2(C)CCNC2=O)cc1Br. The first-order valence-corrected chi connectivity index (χ1v) is 5.88. The van der Waals surface area contributed by atoms with Gasteiger partial charge in [-0.3, -0.25) is 4.79 Å². The monoisotopic (exact) mass is 267 g/mol. The summed E-state index contributed by atoms with van der Waals surface area (Å²) in [5.41, 5.74) is 1.94. The third kappa shape index (κ3) is 1.69. The Morgan fingerprint density at radius 1 is 1.47 bits per heavy atom. The van der Waals surface area contributed by atoms with Gasteiger partial charge >= 0.3 is 0 Å². The lowest BCUT2D eigenvalue weighted by molar-refractivity contribution is -0.123. The zero-order valence-electron chi connectivity index (χ0n) is 8.93. The van der Waals surface area contributed by atoms with Crippen molar-refractivity contribution in [2.75, 3.05) is 6.54 Å². The lowest BCUT2D eigenvalue weighted by Crippen LogP contribution is -2.32. The van der Waals surface area contributed by atoms with Crippen LogP contribution in [0.2, 0.25) is 0 Å². The number of halogens is 1. The van der Waals surface area contributed by atoms with Crippen molar-refractivity contribution in [3.05, 3.63) is 33.8 Å². The van der Waals surface area contributed by atoms with Gasteiger partial charge in [-0.05, 0) is 37.5 Å². The minimum atomic E-state index is -0.351. The van der Waals surface area contributed by atoms with Crippen molar-refractivity contribution in [2.24, 2.45) is 0 Å². The molecule has 1 N–H and O–H groups in total. The summed E-state index contributed by atoms with van der Waals surface area (Å²) in [5, 5.41) is 2.89. The first-order chi connectivity index (χ1) is 7.04. The van der Waals surface area contributed by atoms with E-state index in [0.29, 0.717) is 0 Å². The van der Waals surface area contributed by atoms with E-state index in [1.807, 2.05) is 19.9 Å². The van der Waals surface area contributed by atoms with Crippen LogP contribution in [0.15, 0.2) is 22.7 Å². The summed E-state index contributed by atoms with van der Waals surface area (Å²) >= 11 is 3.51. The van der Waals surface area contributed by atoms with E-state index in [0.717, 1.165) is 23.0 Å². The van der Waals surface area contributed by atoms with Gasteiger partial charge in [0, 0.05) is 11.0 Å². The van der Waals surface area contributed by atoms with Crippen LogP contribution in [0.4, 0.5) is 0 Å². The van der Waals surface area contributed by atoms with Crippen LogP contribution in [0.25, 0.3) is 0 Å². The van der Waals surface area contributed by atoms with Gasteiger partial charge in [0.15, 0.2) is 0 Å². The molecule has 15 heavy (non-hydrogen) atoms. The summed E-state index contributed by atoms with van der Waals surface area (Å²) in [7, 11) is 0. The predicted molar refractivity (Wildman–Crippen MR) is 63.9 cm³/mol. The molecule has 1 amide bonds. The van der Waals surface area contributed by atoms with E-state index in [1.54, 1.807) is 0 Å². The number of hydrogen-bond acceptors (Lipinski definition) is 1. The zero-order chi connectivity index (χ0) is 11.1. The Morgan fingerprint density at radius 3 is 2.73 bits per heavy atom. The van der Waals surface area contributed by atoms with Gasteiger partial charge in [-0.15, -0.1) is 0 Å². The van der Waals surface area contributed by atoms with Crippen LogP contribution in [0.3, 0.4) is 0 Å². The van der Waals surface area contributed by atoms with Crippen LogP contribution in [0.5, 0.6) is 0 Å². The molecule has 1 aromatic rings. The molecule has 2 nitrogen and oxygen atoms in total. The van der Waals surface area contributed by atoms with Gasteiger partial charge in [-0.25, -0.2) is 0 Å². The van der Waals surface area contributed by atoms with Gasteiger partial charge in [0.1, 0.15) is 0 Å². The van der Waals surface area contributed by atoms with Crippen molar-refractivity contribution >= 4 is 21.8 Å². The van der Waals surface area contributed by atoms with Crippen LogP contribution < -0.4 is 5.32 Å². The van der Waals surface area contributed by atoms with E-state index in [4.69, 9.17) is 0 Å². The summed E-state index contributed by atoms with van der Waals surface area (Å²) in [4.78, 5) is 11.8. The standard InChI is InChI=1S/C12H14BrNO/c1-8-3-4-9(7-10(8)13)12(2)5-6-14-11(12)15/h3-4,7H,5-6H2,1-2H3,(H,14,15). The van der Waals surface area contributed by atoms with E-state index < -0.39 is 0 Å². The van der Waals surface area contributed by atoms with Gasteiger partial charge in [-0.1, -0.05) is 28.1 Å².